The fraction of sp³-hybridized carbons (Fsp3) is 0.529. The van der Waals surface area contributed by atoms with Crippen molar-refractivity contribution < 1.29 is 18.7 Å². The Morgan fingerprint density at radius 1 is 1.25 bits per heavy atom. The van der Waals surface area contributed by atoms with Crippen molar-refractivity contribution in [1.82, 2.24) is 9.80 Å². The standard InChI is InChI=1S/C17H21FN2O3S/c1-23-12-15(21)19-8-6-17(7-9-19)20(10-11-24-17)16(22)13-4-2-3-5-14(13)18/h2-5H,6-12H2,1H3. The number of hydrogen-bond acceptors (Lipinski definition) is 4. The lowest BCUT2D eigenvalue weighted by Crippen LogP contribution is -2.54. The van der Waals surface area contributed by atoms with Gasteiger partial charge in [0.2, 0.25) is 5.91 Å². The minimum absolute atomic E-state index is 0.0256. The van der Waals surface area contributed by atoms with E-state index in [2.05, 4.69) is 0 Å². The van der Waals surface area contributed by atoms with Gasteiger partial charge in [0.15, 0.2) is 0 Å². The van der Waals surface area contributed by atoms with Crippen LogP contribution < -0.4 is 0 Å². The molecule has 2 heterocycles. The Hall–Kier alpha value is -1.60. The predicted molar refractivity (Wildman–Crippen MR) is 90.3 cm³/mol. The van der Waals surface area contributed by atoms with Gasteiger partial charge in [-0.05, 0) is 25.0 Å². The molecule has 0 saturated carbocycles. The van der Waals surface area contributed by atoms with Gasteiger partial charge in [-0.2, -0.15) is 0 Å². The molecule has 2 saturated heterocycles. The number of piperidine rings is 1. The number of ether oxygens (including phenoxy) is 1. The molecule has 2 aliphatic heterocycles. The second-order valence-electron chi connectivity index (χ2n) is 6.05. The van der Waals surface area contributed by atoms with E-state index in [1.807, 2.05) is 0 Å². The lowest BCUT2D eigenvalue weighted by atomic mass is 10.0. The van der Waals surface area contributed by atoms with Crippen LogP contribution in [0.15, 0.2) is 24.3 Å². The molecule has 0 bridgehead atoms. The van der Waals surface area contributed by atoms with Crippen LogP contribution in [0.1, 0.15) is 23.2 Å². The molecule has 7 heteroatoms. The summed E-state index contributed by atoms with van der Waals surface area (Å²) in [6, 6.07) is 6.11. The molecule has 2 aliphatic rings. The van der Waals surface area contributed by atoms with Crippen molar-refractivity contribution in [2.24, 2.45) is 0 Å². The van der Waals surface area contributed by atoms with Crippen molar-refractivity contribution in [2.45, 2.75) is 17.7 Å². The van der Waals surface area contributed by atoms with Gasteiger partial charge in [0.05, 0.1) is 10.4 Å². The Morgan fingerprint density at radius 3 is 2.62 bits per heavy atom. The monoisotopic (exact) mass is 352 g/mol. The molecule has 2 fully saturated rings. The number of thioether (sulfide) groups is 1. The van der Waals surface area contributed by atoms with E-state index in [4.69, 9.17) is 4.74 Å². The van der Waals surface area contributed by atoms with Gasteiger partial charge in [-0.25, -0.2) is 4.39 Å². The van der Waals surface area contributed by atoms with Gasteiger partial charge in [0.1, 0.15) is 12.4 Å². The number of methoxy groups -OCH3 is 1. The fourth-order valence-corrected chi connectivity index (χ4v) is 4.86. The highest BCUT2D eigenvalue weighted by molar-refractivity contribution is 8.00. The number of amides is 2. The number of benzene rings is 1. The smallest absolute Gasteiger partial charge is 0.257 e. The molecule has 0 aliphatic carbocycles. The van der Waals surface area contributed by atoms with Gasteiger partial charge < -0.3 is 14.5 Å². The number of rotatable bonds is 3. The molecule has 130 valence electrons. The summed E-state index contributed by atoms with van der Waals surface area (Å²) >= 11 is 1.74. The highest BCUT2D eigenvalue weighted by Gasteiger charge is 2.47. The normalized spacial score (nSPS) is 19.8. The maximum absolute atomic E-state index is 14.0. The summed E-state index contributed by atoms with van der Waals surface area (Å²) in [5, 5.41) is 0. The first-order chi connectivity index (χ1) is 11.6. The first-order valence-electron chi connectivity index (χ1n) is 8.04. The third-order valence-corrected chi connectivity index (χ3v) is 6.24. The summed E-state index contributed by atoms with van der Waals surface area (Å²) in [7, 11) is 1.50. The van der Waals surface area contributed by atoms with E-state index < -0.39 is 5.82 Å². The maximum Gasteiger partial charge on any atom is 0.257 e. The zero-order valence-electron chi connectivity index (χ0n) is 13.7. The molecule has 3 rings (SSSR count). The Bertz CT molecular complexity index is 632. The van der Waals surface area contributed by atoms with Crippen LogP contribution in [0.25, 0.3) is 0 Å². The molecule has 0 aromatic heterocycles. The van der Waals surface area contributed by atoms with E-state index in [9.17, 15) is 14.0 Å². The van der Waals surface area contributed by atoms with Crippen LogP contribution in [-0.4, -0.2) is 65.6 Å². The van der Waals surface area contributed by atoms with Gasteiger partial charge in [0.25, 0.3) is 5.91 Å². The molecule has 1 aromatic carbocycles. The number of carbonyl (C=O) groups excluding carboxylic acids is 2. The highest BCUT2D eigenvalue weighted by atomic mass is 32.2. The van der Waals surface area contributed by atoms with Crippen LogP contribution in [0.5, 0.6) is 0 Å². The van der Waals surface area contributed by atoms with Crippen molar-refractivity contribution in [3.05, 3.63) is 35.6 Å². The number of halogens is 1. The second-order valence-corrected chi connectivity index (χ2v) is 7.50. The summed E-state index contributed by atoms with van der Waals surface area (Å²) in [6.07, 6.45) is 1.40. The molecule has 24 heavy (non-hydrogen) atoms. The Labute approximate surface area is 145 Å². The largest absolute Gasteiger partial charge is 0.375 e. The van der Waals surface area contributed by atoms with E-state index in [0.717, 1.165) is 5.75 Å². The highest BCUT2D eigenvalue weighted by Crippen LogP contribution is 2.44. The summed E-state index contributed by atoms with van der Waals surface area (Å²) in [5.41, 5.74) is 0.122. The molecule has 2 amide bonds. The topological polar surface area (TPSA) is 49.9 Å². The third kappa shape index (κ3) is 3.15. The summed E-state index contributed by atoms with van der Waals surface area (Å²) < 4.78 is 18.9. The molecule has 0 atom stereocenters. The van der Waals surface area contributed by atoms with Crippen molar-refractivity contribution in [1.29, 1.82) is 0 Å². The molecular weight excluding hydrogens is 331 g/mol. The number of hydrogen-bond donors (Lipinski definition) is 0. The zero-order chi connectivity index (χ0) is 17.2. The summed E-state index contributed by atoms with van der Waals surface area (Å²) in [6.45, 7) is 1.88. The molecule has 1 aromatic rings. The van der Waals surface area contributed by atoms with Crippen LogP contribution >= 0.6 is 11.8 Å². The van der Waals surface area contributed by atoms with E-state index in [0.29, 0.717) is 32.5 Å². The van der Waals surface area contributed by atoms with Crippen molar-refractivity contribution in [3.8, 4) is 0 Å². The zero-order valence-corrected chi connectivity index (χ0v) is 14.5. The minimum Gasteiger partial charge on any atom is -0.375 e. The van der Waals surface area contributed by atoms with Crippen molar-refractivity contribution in [3.63, 3.8) is 0 Å². The summed E-state index contributed by atoms with van der Waals surface area (Å²) in [5.74, 6) is 0.0750. The van der Waals surface area contributed by atoms with Gasteiger partial charge in [-0.3, -0.25) is 9.59 Å². The van der Waals surface area contributed by atoms with Crippen LogP contribution in [0.3, 0.4) is 0 Å². The average molecular weight is 352 g/mol. The SMILES string of the molecule is COCC(=O)N1CCC2(CC1)SCCN2C(=O)c1ccccc1F. The summed E-state index contributed by atoms with van der Waals surface area (Å²) in [4.78, 5) is 28.0. The van der Waals surface area contributed by atoms with Crippen molar-refractivity contribution in [2.75, 3.05) is 39.1 Å². The average Bonchev–Trinajstić information content (AvgIpc) is 2.98. The Balaban J connectivity index is 1.73. The predicted octanol–water partition coefficient (Wildman–Crippen LogP) is 1.98. The van der Waals surface area contributed by atoms with Crippen molar-refractivity contribution >= 4 is 23.6 Å². The van der Waals surface area contributed by atoms with Crippen LogP contribution in [0, 0.1) is 5.82 Å². The van der Waals surface area contributed by atoms with Gasteiger partial charge in [-0.1, -0.05) is 12.1 Å². The first kappa shape index (κ1) is 17.2. The van der Waals surface area contributed by atoms with Crippen LogP contribution in [0.2, 0.25) is 0 Å². The van der Waals surface area contributed by atoms with Gasteiger partial charge in [0, 0.05) is 32.5 Å². The van der Waals surface area contributed by atoms with Gasteiger partial charge >= 0.3 is 0 Å². The van der Waals surface area contributed by atoms with E-state index in [1.165, 1.54) is 19.2 Å². The Kier molecular flexibility index (Phi) is 5.10. The fourth-order valence-electron chi connectivity index (χ4n) is 3.41. The minimum atomic E-state index is -0.484. The number of likely N-dealkylation sites (tertiary alicyclic amines) is 1. The van der Waals surface area contributed by atoms with Gasteiger partial charge in [-0.15, -0.1) is 11.8 Å². The Morgan fingerprint density at radius 2 is 1.96 bits per heavy atom. The van der Waals surface area contributed by atoms with Crippen LogP contribution in [0.4, 0.5) is 4.39 Å². The lowest BCUT2D eigenvalue weighted by Gasteiger charge is -2.44. The molecular formula is C17H21FN2O3S. The second kappa shape index (κ2) is 7.11. The molecule has 0 radical (unpaired) electrons. The van der Waals surface area contributed by atoms with Crippen LogP contribution in [-0.2, 0) is 9.53 Å². The first-order valence-corrected chi connectivity index (χ1v) is 9.03. The molecule has 5 nitrogen and oxygen atoms in total. The molecule has 1 spiro atoms. The van der Waals surface area contributed by atoms with E-state index in [-0.39, 0.29) is 28.9 Å². The molecule has 0 unspecified atom stereocenters. The maximum atomic E-state index is 14.0. The van der Waals surface area contributed by atoms with E-state index >= 15 is 0 Å². The quantitative estimate of drug-likeness (QED) is 0.835. The number of nitrogens with zero attached hydrogens (tertiary/aromatic N) is 2. The third-order valence-electron chi connectivity index (χ3n) is 4.69. The number of carbonyl (C=O) groups is 2. The van der Waals surface area contributed by atoms with E-state index in [1.54, 1.807) is 33.7 Å². The lowest BCUT2D eigenvalue weighted by molar-refractivity contribution is -0.136. The molecule has 0 N–H and O–H groups in total.